The Balaban J connectivity index is 1.71. The first-order valence-corrected chi connectivity index (χ1v) is 7.71. The lowest BCUT2D eigenvalue weighted by molar-refractivity contribution is -0.0477. The minimum atomic E-state index is -0.310. The van der Waals surface area contributed by atoms with Crippen LogP contribution in [0.25, 0.3) is 0 Å². The molecule has 1 heterocycles. The molecule has 1 aliphatic heterocycles. The zero-order chi connectivity index (χ0) is 13.9. The van der Waals surface area contributed by atoms with Gasteiger partial charge in [-0.2, -0.15) is 0 Å². The van der Waals surface area contributed by atoms with Crippen molar-refractivity contribution >= 4 is 0 Å². The van der Waals surface area contributed by atoms with Gasteiger partial charge >= 0.3 is 0 Å². The zero-order valence-corrected chi connectivity index (χ0v) is 11.9. The highest BCUT2D eigenvalue weighted by Crippen LogP contribution is 2.56. The van der Waals surface area contributed by atoms with Gasteiger partial charge in [-0.25, -0.2) is 0 Å². The van der Waals surface area contributed by atoms with Crippen molar-refractivity contribution in [2.75, 3.05) is 6.61 Å². The van der Waals surface area contributed by atoms with Gasteiger partial charge < -0.3 is 14.9 Å². The Morgan fingerprint density at radius 1 is 1.30 bits per heavy atom. The average molecular weight is 274 g/mol. The number of hydrogen-bond acceptors (Lipinski definition) is 3. The molecule has 2 N–H and O–H groups in total. The first kappa shape index (κ1) is 12.7. The third kappa shape index (κ3) is 1.60. The fourth-order valence-electron chi connectivity index (χ4n) is 4.81. The van der Waals surface area contributed by atoms with Crippen molar-refractivity contribution in [2.24, 2.45) is 11.3 Å². The molecule has 0 bridgehead atoms. The lowest BCUT2D eigenvalue weighted by atomic mass is 9.58. The van der Waals surface area contributed by atoms with Crippen molar-refractivity contribution in [3.05, 3.63) is 29.3 Å². The Hall–Kier alpha value is -1.06. The van der Waals surface area contributed by atoms with E-state index in [-0.39, 0.29) is 17.6 Å². The Kier molecular flexibility index (Phi) is 2.67. The second-order valence-electron chi connectivity index (χ2n) is 7.01. The number of aliphatic hydroxyl groups excluding tert-OH is 1. The van der Waals surface area contributed by atoms with E-state index in [1.807, 2.05) is 6.07 Å². The average Bonchev–Trinajstić information content (AvgIpc) is 2.74. The van der Waals surface area contributed by atoms with E-state index >= 15 is 0 Å². The second kappa shape index (κ2) is 4.22. The number of phenols is 1. The number of aromatic hydroxyl groups is 1. The number of benzene rings is 1. The number of hydrogen-bond donors (Lipinski definition) is 2. The van der Waals surface area contributed by atoms with Crippen molar-refractivity contribution in [2.45, 2.75) is 50.7 Å². The van der Waals surface area contributed by atoms with Crippen molar-refractivity contribution < 1.29 is 14.9 Å². The predicted molar refractivity (Wildman–Crippen MR) is 75.7 cm³/mol. The molecule has 2 aliphatic carbocycles. The van der Waals surface area contributed by atoms with Gasteiger partial charge in [0, 0.05) is 5.41 Å². The standard InChI is InChI=1S/C17H22O3/c1-17-7-6-13-12-5-3-11(18)8-10(12)2-4-14(13)16(17)20-9-15(17)19/h3,5,8,13-16,18-19H,2,4,6-7,9H2,1H3. The van der Waals surface area contributed by atoms with Crippen LogP contribution in [-0.2, 0) is 11.2 Å². The Morgan fingerprint density at radius 2 is 2.15 bits per heavy atom. The van der Waals surface area contributed by atoms with E-state index in [1.165, 1.54) is 11.1 Å². The molecule has 1 saturated heterocycles. The summed E-state index contributed by atoms with van der Waals surface area (Å²) >= 11 is 0. The first-order valence-electron chi connectivity index (χ1n) is 7.71. The highest BCUT2D eigenvalue weighted by Gasteiger charge is 2.55. The molecule has 1 saturated carbocycles. The van der Waals surface area contributed by atoms with Crippen molar-refractivity contribution in [1.29, 1.82) is 0 Å². The molecule has 1 aromatic rings. The van der Waals surface area contributed by atoms with Gasteiger partial charge in [0.25, 0.3) is 0 Å². The van der Waals surface area contributed by atoms with Crippen molar-refractivity contribution in [1.82, 2.24) is 0 Å². The van der Waals surface area contributed by atoms with Gasteiger partial charge in [0.05, 0.1) is 18.8 Å². The van der Waals surface area contributed by atoms with Gasteiger partial charge in [-0.15, -0.1) is 0 Å². The van der Waals surface area contributed by atoms with Crippen LogP contribution >= 0.6 is 0 Å². The third-order valence-electron chi connectivity index (χ3n) is 6.02. The highest BCUT2D eigenvalue weighted by atomic mass is 16.5. The summed E-state index contributed by atoms with van der Waals surface area (Å²) in [5.74, 6) is 1.42. The molecule has 5 atom stereocenters. The number of phenolic OH excluding ortho intramolecular Hbond substituents is 1. The molecule has 1 aromatic carbocycles. The molecule has 3 aliphatic rings. The molecule has 5 unspecified atom stereocenters. The van der Waals surface area contributed by atoms with Crippen LogP contribution in [0.2, 0.25) is 0 Å². The largest absolute Gasteiger partial charge is 0.508 e. The van der Waals surface area contributed by atoms with Crippen LogP contribution in [0.3, 0.4) is 0 Å². The molecule has 0 spiro atoms. The Morgan fingerprint density at radius 3 is 3.00 bits per heavy atom. The molecule has 108 valence electrons. The van der Waals surface area contributed by atoms with Crippen molar-refractivity contribution in [3.8, 4) is 5.75 Å². The predicted octanol–water partition coefficient (Wildman–Crippen LogP) is 2.60. The Bertz CT molecular complexity index is 541. The van der Waals surface area contributed by atoms with Gasteiger partial charge in [-0.05, 0) is 60.8 Å². The van der Waals surface area contributed by atoms with Crippen LogP contribution < -0.4 is 0 Å². The number of ether oxygens (including phenoxy) is 1. The highest BCUT2D eigenvalue weighted by molar-refractivity contribution is 5.40. The van der Waals surface area contributed by atoms with E-state index in [9.17, 15) is 10.2 Å². The van der Waals surface area contributed by atoms with E-state index in [0.717, 1.165) is 25.7 Å². The fraction of sp³-hybridized carbons (Fsp3) is 0.647. The first-order chi connectivity index (χ1) is 9.59. The SMILES string of the molecule is CC12CCC3c4ccc(O)cc4CCC3C1OCC2O. The number of fused-ring (bicyclic) bond motifs is 5. The molecular formula is C17H22O3. The van der Waals surface area contributed by atoms with Crippen LogP contribution in [0, 0.1) is 11.3 Å². The summed E-state index contributed by atoms with van der Waals surface area (Å²) in [6.07, 6.45) is 4.15. The molecule has 20 heavy (non-hydrogen) atoms. The van der Waals surface area contributed by atoms with E-state index in [0.29, 0.717) is 24.2 Å². The van der Waals surface area contributed by atoms with Gasteiger partial charge in [-0.1, -0.05) is 13.0 Å². The number of aryl methyl sites for hydroxylation is 1. The maximum atomic E-state index is 10.2. The molecular weight excluding hydrogens is 252 g/mol. The quantitative estimate of drug-likeness (QED) is 0.764. The van der Waals surface area contributed by atoms with Crippen LogP contribution in [0.15, 0.2) is 18.2 Å². The third-order valence-corrected chi connectivity index (χ3v) is 6.02. The molecule has 0 aromatic heterocycles. The normalized spacial score (nSPS) is 42.7. The summed E-state index contributed by atoms with van der Waals surface area (Å²) in [7, 11) is 0. The number of rotatable bonds is 0. The zero-order valence-electron chi connectivity index (χ0n) is 11.9. The van der Waals surface area contributed by atoms with E-state index < -0.39 is 0 Å². The number of aliphatic hydroxyl groups is 1. The van der Waals surface area contributed by atoms with E-state index in [2.05, 4.69) is 13.0 Å². The summed E-state index contributed by atoms with van der Waals surface area (Å²) in [5, 5.41) is 19.9. The molecule has 3 nitrogen and oxygen atoms in total. The molecule has 3 heteroatoms. The van der Waals surface area contributed by atoms with Crippen LogP contribution in [0.4, 0.5) is 0 Å². The smallest absolute Gasteiger partial charge is 0.115 e. The van der Waals surface area contributed by atoms with Crippen LogP contribution in [0.1, 0.15) is 43.2 Å². The van der Waals surface area contributed by atoms with Crippen LogP contribution in [-0.4, -0.2) is 29.0 Å². The summed E-state index contributed by atoms with van der Waals surface area (Å²) in [6.45, 7) is 2.69. The van der Waals surface area contributed by atoms with Gasteiger partial charge in [0.1, 0.15) is 5.75 Å². The lowest BCUT2D eigenvalue weighted by Crippen LogP contribution is -2.48. The summed E-state index contributed by atoms with van der Waals surface area (Å²) in [5.41, 5.74) is 2.63. The van der Waals surface area contributed by atoms with Gasteiger partial charge in [0.2, 0.25) is 0 Å². The second-order valence-corrected chi connectivity index (χ2v) is 7.01. The molecule has 0 radical (unpaired) electrons. The maximum Gasteiger partial charge on any atom is 0.115 e. The van der Waals surface area contributed by atoms with E-state index in [4.69, 9.17) is 4.74 Å². The monoisotopic (exact) mass is 274 g/mol. The van der Waals surface area contributed by atoms with Gasteiger partial charge in [0.15, 0.2) is 0 Å². The lowest BCUT2D eigenvalue weighted by Gasteiger charge is -2.48. The van der Waals surface area contributed by atoms with Crippen LogP contribution in [0.5, 0.6) is 5.75 Å². The molecule has 2 fully saturated rings. The summed E-state index contributed by atoms with van der Waals surface area (Å²) in [6, 6.07) is 5.82. The summed E-state index contributed by atoms with van der Waals surface area (Å²) in [4.78, 5) is 0. The minimum Gasteiger partial charge on any atom is -0.508 e. The van der Waals surface area contributed by atoms with Crippen molar-refractivity contribution in [3.63, 3.8) is 0 Å². The summed E-state index contributed by atoms with van der Waals surface area (Å²) < 4.78 is 5.98. The minimum absolute atomic E-state index is 0.0599. The topological polar surface area (TPSA) is 49.7 Å². The molecule has 4 rings (SSSR count). The molecule has 0 amide bonds. The Labute approximate surface area is 119 Å². The van der Waals surface area contributed by atoms with Gasteiger partial charge in [-0.3, -0.25) is 0 Å². The van der Waals surface area contributed by atoms with E-state index in [1.54, 1.807) is 6.07 Å². The fourth-order valence-corrected chi connectivity index (χ4v) is 4.81. The maximum absolute atomic E-state index is 10.2.